The van der Waals surface area contributed by atoms with E-state index >= 15 is 0 Å². The van der Waals surface area contributed by atoms with Crippen molar-refractivity contribution < 1.29 is 19.4 Å². The Balaban J connectivity index is 3.16. The molecule has 1 rings (SSSR count). The Bertz CT molecular complexity index is 375. The quantitative estimate of drug-likeness (QED) is 0.831. The normalized spacial score (nSPS) is 14.2. The van der Waals surface area contributed by atoms with Gasteiger partial charge >= 0.3 is 5.97 Å². The summed E-state index contributed by atoms with van der Waals surface area (Å²) in [7, 11) is 3.05. The van der Waals surface area contributed by atoms with Crippen LogP contribution in [0.4, 0.5) is 0 Å². The van der Waals surface area contributed by atoms with Gasteiger partial charge in [0.05, 0.1) is 13.5 Å². The zero-order chi connectivity index (χ0) is 12.2. The molecule has 1 aromatic carbocycles. The molecule has 0 radical (unpaired) electrons. The standard InChI is InChI=1S/C12H16O4/c1-12(16-3,8-11(13)14)9-6-4-5-7-10(9)15-2/h4-7H,8H2,1-3H3,(H,13,14). The van der Waals surface area contributed by atoms with E-state index in [4.69, 9.17) is 14.6 Å². The molecule has 0 saturated carbocycles. The van der Waals surface area contributed by atoms with E-state index in [9.17, 15) is 4.79 Å². The molecule has 0 aliphatic heterocycles. The van der Waals surface area contributed by atoms with Crippen molar-refractivity contribution in [3.8, 4) is 5.75 Å². The zero-order valence-electron chi connectivity index (χ0n) is 9.69. The van der Waals surface area contributed by atoms with Gasteiger partial charge in [-0.05, 0) is 13.0 Å². The second-order valence-corrected chi connectivity index (χ2v) is 3.71. The van der Waals surface area contributed by atoms with Gasteiger partial charge in [-0.2, -0.15) is 0 Å². The molecule has 0 spiro atoms. The molecule has 1 aromatic rings. The zero-order valence-corrected chi connectivity index (χ0v) is 9.69. The Hall–Kier alpha value is -1.55. The van der Waals surface area contributed by atoms with Crippen molar-refractivity contribution in [3.05, 3.63) is 29.8 Å². The Morgan fingerprint density at radius 1 is 1.38 bits per heavy atom. The number of para-hydroxylation sites is 1. The second-order valence-electron chi connectivity index (χ2n) is 3.71. The van der Waals surface area contributed by atoms with Crippen LogP contribution in [0.5, 0.6) is 5.75 Å². The van der Waals surface area contributed by atoms with Gasteiger partial charge in [0, 0.05) is 12.7 Å². The summed E-state index contributed by atoms with van der Waals surface area (Å²) in [5, 5.41) is 8.88. The first-order valence-corrected chi connectivity index (χ1v) is 4.94. The maximum absolute atomic E-state index is 10.8. The van der Waals surface area contributed by atoms with Gasteiger partial charge in [-0.25, -0.2) is 0 Å². The largest absolute Gasteiger partial charge is 0.496 e. The first-order valence-electron chi connectivity index (χ1n) is 4.94. The molecule has 16 heavy (non-hydrogen) atoms. The van der Waals surface area contributed by atoms with Crippen LogP contribution in [0.1, 0.15) is 18.9 Å². The highest BCUT2D eigenvalue weighted by Gasteiger charge is 2.32. The number of carboxylic acid groups (broad SMARTS) is 1. The molecule has 1 N–H and O–H groups in total. The summed E-state index contributed by atoms with van der Waals surface area (Å²) in [6, 6.07) is 7.26. The number of aliphatic carboxylic acids is 1. The number of carboxylic acids is 1. The van der Waals surface area contributed by atoms with Gasteiger partial charge in [0.2, 0.25) is 0 Å². The molecule has 0 saturated heterocycles. The van der Waals surface area contributed by atoms with E-state index in [-0.39, 0.29) is 6.42 Å². The van der Waals surface area contributed by atoms with Crippen LogP contribution in [0.3, 0.4) is 0 Å². The van der Waals surface area contributed by atoms with Crippen molar-refractivity contribution in [1.29, 1.82) is 0 Å². The highest BCUT2D eigenvalue weighted by atomic mass is 16.5. The summed E-state index contributed by atoms with van der Waals surface area (Å²) in [5.41, 5.74) is -0.138. The van der Waals surface area contributed by atoms with Crippen molar-refractivity contribution in [2.45, 2.75) is 18.9 Å². The highest BCUT2D eigenvalue weighted by Crippen LogP contribution is 2.34. The summed E-state index contributed by atoms with van der Waals surface area (Å²) < 4.78 is 10.5. The Morgan fingerprint density at radius 3 is 2.50 bits per heavy atom. The van der Waals surface area contributed by atoms with E-state index in [0.717, 1.165) is 5.56 Å². The second kappa shape index (κ2) is 4.99. The van der Waals surface area contributed by atoms with E-state index in [1.54, 1.807) is 20.1 Å². The number of benzene rings is 1. The minimum atomic E-state index is -0.907. The van der Waals surface area contributed by atoms with Gasteiger partial charge in [0.25, 0.3) is 0 Å². The highest BCUT2D eigenvalue weighted by molar-refractivity contribution is 5.69. The average Bonchev–Trinajstić information content (AvgIpc) is 2.28. The molecule has 0 aliphatic carbocycles. The van der Waals surface area contributed by atoms with Crippen LogP contribution >= 0.6 is 0 Å². The summed E-state index contributed by atoms with van der Waals surface area (Å²) in [4.78, 5) is 10.8. The fourth-order valence-electron chi connectivity index (χ4n) is 1.65. The van der Waals surface area contributed by atoms with Crippen LogP contribution in [0.25, 0.3) is 0 Å². The third-order valence-electron chi connectivity index (χ3n) is 2.62. The van der Waals surface area contributed by atoms with Crippen molar-refractivity contribution in [2.24, 2.45) is 0 Å². The molecule has 0 amide bonds. The minimum absolute atomic E-state index is 0.107. The van der Waals surface area contributed by atoms with Crippen molar-refractivity contribution >= 4 is 5.97 Å². The summed E-state index contributed by atoms with van der Waals surface area (Å²) in [6.45, 7) is 1.74. The predicted molar refractivity (Wildman–Crippen MR) is 59.6 cm³/mol. The van der Waals surface area contributed by atoms with Gasteiger partial charge < -0.3 is 14.6 Å². The molecule has 4 heteroatoms. The van der Waals surface area contributed by atoms with Crippen LogP contribution in [0.15, 0.2) is 24.3 Å². The third-order valence-corrected chi connectivity index (χ3v) is 2.62. The monoisotopic (exact) mass is 224 g/mol. The Kier molecular flexibility index (Phi) is 3.90. The molecule has 0 bridgehead atoms. The average molecular weight is 224 g/mol. The van der Waals surface area contributed by atoms with Gasteiger partial charge in [-0.3, -0.25) is 4.79 Å². The number of ether oxygens (including phenoxy) is 2. The third kappa shape index (κ3) is 2.52. The Morgan fingerprint density at radius 2 is 2.00 bits per heavy atom. The number of carbonyl (C=O) groups is 1. The number of methoxy groups -OCH3 is 2. The summed E-state index contributed by atoms with van der Waals surface area (Å²) in [5.74, 6) is -0.275. The number of hydrogen-bond acceptors (Lipinski definition) is 3. The number of hydrogen-bond donors (Lipinski definition) is 1. The molecule has 1 unspecified atom stereocenters. The molecular formula is C12H16O4. The maximum Gasteiger partial charge on any atom is 0.306 e. The summed E-state index contributed by atoms with van der Waals surface area (Å²) in [6.07, 6.45) is -0.107. The first-order chi connectivity index (χ1) is 7.53. The minimum Gasteiger partial charge on any atom is -0.496 e. The van der Waals surface area contributed by atoms with Gasteiger partial charge in [0.15, 0.2) is 0 Å². The van der Waals surface area contributed by atoms with E-state index in [1.807, 2.05) is 18.2 Å². The van der Waals surface area contributed by atoms with Crippen LogP contribution in [0, 0.1) is 0 Å². The van der Waals surface area contributed by atoms with Crippen LogP contribution in [-0.4, -0.2) is 25.3 Å². The smallest absolute Gasteiger partial charge is 0.306 e. The van der Waals surface area contributed by atoms with Gasteiger partial charge in [-0.15, -0.1) is 0 Å². The van der Waals surface area contributed by atoms with Crippen LogP contribution in [0.2, 0.25) is 0 Å². The molecule has 4 nitrogen and oxygen atoms in total. The first kappa shape index (κ1) is 12.5. The SMILES string of the molecule is COc1ccccc1C(C)(CC(=O)O)OC. The van der Waals surface area contributed by atoms with E-state index in [2.05, 4.69) is 0 Å². The maximum atomic E-state index is 10.8. The lowest BCUT2D eigenvalue weighted by Crippen LogP contribution is -2.28. The molecule has 0 aromatic heterocycles. The lowest BCUT2D eigenvalue weighted by Gasteiger charge is -2.28. The van der Waals surface area contributed by atoms with Crippen molar-refractivity contribution in [3.63, 3.8) is 0 Å². The molecule has 0 aliphatic rings. The van der Waals surface area contributed by atoms with Gasteiger partial charge in [-0.1, -0.05) is 18.2 Å². The summed E-state index contributed by atoms with van der Waals surface area (Å²) >= 11 is 0. The van der Waals surface area contributed by atoms with E-state index in [0.29, 0.717) is 5.75 Å². The molecule has 88 valence electrons. The van der Waals surface area contributed by atoms with E-state index < -0.39 is 11.6 Å². The predicted octanol–water partition coefficient (Wildman–Crippen LogP) is 2.03. The molecule has 1 atom stereocenters. The van der Waals surface area contributed by atoms with Crippen molar-refractivity contribution in [2.75, 3.05) is 14.2 Å². The molecular weight excluding hydrogens is 208 g/mol. The lowest BCUT2D eigenvalue weighted by atomic mass is 9.91. The van der Waals surface area contributed by atoms with Crippen LogP contribution < -0.4 is 4.74 Å². The molecule has 0 fully saturated rings. The fraction of sp³-hybridized carbons (Fsp3) is 0.417. The van der Waals surface area contributed by atoms with Crippen molar-refractivity contribution in [1.82, 2.24) is 0 Å². The number of rotatable bonds is 5. The lowest BCUT2D eigenvalue weighted by molar-refractivity contribution is -0.143. The fourth-order valence-corrected chi connectivity index (χ4v) is 1.65. The molecule has 0 heterocycles. The van der Waals surface area contributed by atoms with E-state index in [1.165, 1.54) is 7.11 Å². The topological polar surface area (TPSA) is 55.8 Å². The Labute approximate surface area is 94.8 Å². The van der Waals surface area contributed by atoms with Crippen LogP contribution in [-0.2, 0) is 15.1 Å². The van der Waals surface area contributed by atoms with Gasteiger partial charge in [0.1, 0.15) is 11.4 Å².